The Morgan fingerprint density at radius 3 is 2.44 bits per heavy atom. The van der Waals surface area contributed by atoms with Gasteiger partial charge in [-0.25, -0.2) is 0 Å². The van der Waals surface area contributed by atoms with Crippen molar-refractivity contribution < 1.29 is 9.84 Å². The molecule has 2 rings (SSSR count). The van der Waals surface area contributed by atoms with Gasteiger partial charge in [0.25, 0.3) is 0 Å². The third-order valence-corrected chi connectivity index (χ3v) is 4.36. The Bertz CT molecular complexity index is 255. The molecule has 18 heavy (non-hydrogen) atoms. The fraction of sp³-hybridized carbons (Fsp3) is 1.00. The lowest BCUT2D eigenvalue weighted by atomic mass is 9.86. The van der Waals surface area contributed by atoms with Crippen LogP contribution in [0, 0.1) is 0 Å². The van der Waals surface area contributed by atoms with Gasteiger partial charge in [0.05, 0.1) is 17.8 Å². The molecule has 0 aliphatic carbocycles. The number of likely N-dealkylation sites (N-methyl/N-ethyl adjacent to an activating group) is 1. The number of hydrogen-bond donors (Lipinski definition) is 1. The fourth-order valence-electron chi connectivity index (χ4n) is 3.15. The minimum Gasteiger partial charge on any atom is -0.390 e. The number of morpholine rings is 1. The Kier molecular flexibility index (Phi) is 4.64. The molecule has 0 saturated carbocycles. The molecule has 0 radical (unpaired) electrons. The summed E-state index contributed by atoms with van der Waals surface area (Å²) < 4.78 is 5.95. The maximum atomic E-state index is 10.6. The van der Waals surface area contributed by atoms with Crippen LogP contribution in [-0.2, 0) is 4.74 Å². The molecule has 0 spiro atoms. The zero-order valence-corrected chi connectivity index (χ0v) is 12.1. The van der Waals surface area contributed by atoms with Gasteiger partial charge in [-0.15, -0.1) is 0 Å². The molecule has 1 N–H and O–H groups in total. The molecule has 0 aromatic heterocycles. The highest BCUT2D eigenvalue weighted by Crippen LogP contribution is 2.28. The maximum Gasteiger partial charge on any atom is 0.0707 e. The molecule has 0 bridgehead atoms. The largest absolute Gasteiger partial charge is 0.390 e. The quantitative estimate of drug-likeness (QED) is 0.815. The molecular formula is C14H28N2O2. The van der Waals surface area contributed by atoms with Gasteiger partial charge in [0.1, 0.15) is 0 Å². The molecule has 2 aliphatic heterocycles. The van der Waals surface area contributed by atoms with Gasteiger partial charge in [-0.05, 0) is 46.7 Å². The van der Waals surface area contributed by atoms with Crippen molar-refractivity contribution in [1.82, 2.24) is 9.80 Å². The molecule has 0 amide bonds. The third-order valence-electron chi connectivity index (χ3n) is 4.36. The molecule has 106 valence electrons. The zero-order chi connectivity index (χ0) is 13.2. The smallest absolute Gasteiger partial charge is 0.0707 e. The van der Waals surface area contributed by atoms with E-state index >= 15 is 0 Å². The van der Waals surface area contributed by atoms with Crippen molar-refractivity contribution in [2.24, 2.45) is 0 Å². The highest BCUT2D eigenvalue weighted by atomic mass is 16.5. The second-order valence-corrected chi connectivity index (χ2v) is 6.36. The minimum atomic E-state index is -0.449. The first-order chi connectivity index (χ1) is 8.47. The highest BCUT2D eigenvalue weighted by Gasteiger charge is 2.32. The summed E-state index contributed by atoms with van der Waals surface area (Å²) in [5.41, 5.74) is -0.449. The van der Waals surface area contributed by atoms with Crippen LogP contribution in [0.5, 0.6) is 0 Å². The molecule has 0 aromatic rings. The molecule has 0 unspecified atom stereocenters. The first kappa shape index (κ1) is 14.3. The van der Waals surface area contributed by atoms with Crippen molar-refractivity contribution in [2.45, 2.75) is 50.4 Å². The molecular weight excluding hydrogens is 228 g/mol. The second-order valence-electron chi connectivity index (χ2n) is 6.36. The Balaban J connectivity index is 1.76. The normalized spacial score (nSPS) is 34.7. The van der Waals surface area contributed by atoms with Gasteiger partial charge in [0.2, 0.25) is 0 Å². The summed E-state index contributed by atoms with van der Waals surface area (Å²) in [7, 11) is 4.27. The molecule has 2 aliphatic rings. The lowest BCUT2D eigenvalue weighted by molar-refractivity contribution is -0.0890. The summed E-state index contributed by atoms with van der Waals surface area (Å²) in [5, 5.41) is 10.6. The van der Waals surface area contributed by atoms with Crippen LogP contribution in [0.1, 0.15) is 32.6 Å². The topological polar surface area (TPSA) is 35.9 Å². The predicted molar refractivity (Wildman–Crippen MR) is 72.7 cm³/mol. The Morgan fingerprint density at radius 2 is 1.83 bits per heavy atom. The van der Waals surface area contributed by atoms with E-state index in [0.717, 1.165) is 51.9 Å². The average Bonchev–Trinajstić information content (AvgIpc) is 2.30. The second kappa shape index (κ2) is 5.87. The molecule has 4 heteroatoms. The van der Waals surface area contributed by atoms with Gasteiger partial charge in [-0.2, -0.15) is 0 Å². The number of nitrogens with zero attached hydrogens (tertiary/aromatic N) is 2. The molecule has 2 heterocycles. The van der Waals surface area contributed by atoms with Gasteiger partial charge in [-0.1, -0.05) is 0 Å². The Hall–Kier alpha value is -0.160. The van der Waals surface area contributed by atoms with E-state index in [4.69, 9.17) is 4.74 Å². The maximum absolute atomic E-state index is 10.6. The number of piperidine rings is 1. The first-order valence-electron chi connectivity index (χ1n) is 7.22. The van der Waals surface area contributed by atoms with Crippen LogP contribution in [0.4, 0.5) is 0 Å². The van der Waals surface area contributed by atoms with Crippen LogP contribution in [0.2, 0.25) is 0 Å². The summed E-state index contributed by atoms with van der Waals surface area (Å²) >= 11 is 0. The van der Waals surface area contributed by atoms with Crippen molar-refractivity contribution in [3.63, 3.8) is 0 Å². The Morgan fingerprint density at radius 1 is 1.17 bits per heavy atom. The van der Waals surface area contributed by atoms with E-state index in [9.17, 15) is 5.11 Å². The van der Waals surface area contributed by atoms with E-state index in [1.54, 1.807) is 0 Å². The molecule has 2 fully saturated rings. The first-order valence-corrected chi connectivity index (χ1v) is 7.22. The van der Waals surface area contributed by atoms with E-state index < -0.39 is 5.60 Å². The lowest BCUT2D eigenvalue weighted by Crippen LogP contribution is -2.47. The van der Waals surface area contributed by atoms with E-state index in [0.29, 0.717) is 12.2 Å². The number of rotatable bonds is 3. The minimum absolute atomic E-state index is 0.294. The van der Waals surface area contributed by atoms with Crippen molar-refractivity contribution in [2.75, 3.05) is 40.3 Å². The summed E-state index contributed by atoms with van der Waals surface area (Å²) in [6, 6.07) is 0. The summed E-state index contributed by atoms with van der Waals surface area (Å²) in [6.07, 6.45) is 4.28. The molecule has 2 saturated heterocycles. The average molecular weight is 256 g/mol. The van der Waals surface area contributed by atoms with Crippen LogP contribution in [0.3, 0.4) is 0 Å². The summed E-state index contributed by atoms with van der Waals surface area (Å²) in [4.78, 5) is 4.62. The van der Waals surface area contributed by atoms with Gasteiger partial charge in [0, 0.05) is 26.2 Å². The predicted octanol–water partition coefficient (Wildman–Crippen LogP) is 0.942. The molecule has 0 aromatic carbocycles. The molecule has 4 nitrogen and oxygen atoms in total. The fourth-order valence-corrected chi connectivity index (χ4v) is 3.15. The molecule has 2 atom stereocenters. The van der Waals surface area contributed by atoms with Gasteiger partial charge in [-0.3, -0.25) is 0 Å². The summed E-state index contributed by atoms with van der Waals surface area (Å²) in [5.74, 6) is 0. The summed E-state index contributed by atoms with van der Waals surface area (Å²) in [6.45, 7) is 6.18. The van der Waals surface area contributed by atoms with Crippen LogP contribution >= 0.6 is 0 Å². The standard InChI is InChI=1S/C14H28N2O2/c1-12-10-16(3)11-13(18-12)4-5-14(17)6-8-15(2)9-7-14/h12-13,17H,4-11H2,1-3H3/t12-,13+/m0/s1. The monoisotopic (exact) mass is 256 g/mol. The van der Waals surface area contributed by atoms with Crippen LogP contribution in [0.25, 0.3) is 0 Å². The number of ether oxygens (including phenoxy) is 1. The van der Waals surface area contributed by atoms with Gasteiger partial charge >= 0.3 is 0 Å². The van der Waals surface area contributed by atoms with E-state index in [-0.39, 0.29) is 0 Å². The van der Waals surface area contributed by atoms with Crippen molar-refractivity contribution in [1.29, 1.82) is 0 Å². The van der Waals surface area contributed by atoms with Crippen molar-refractivity contribution in [3.05, 3.63) is 0 Å². The Labute approximate surface area is 111 Å². The van der Waals surface area contributed by atoms with Gasteiger partial charge in [0.15, 0.2) is 0 Å². The van der Waals surface area contributed by atoms with E-state index in [1.165, 1.54) is 0 Å². The SMILES string of the molecule is C[C@H]1CN(C)C[C@@H](CCC2(O)CCN(C)CC2)O1. The zero-order valence-electron chi connectivity index (χ0n) is 12.1. The number of aliphatic hydroxyl groups is 1. The van der Waals surface area contributed by atoms with Gasteiger partial charge < -0.3 is 19.6 Å². The number of hydrogen-bond acceptors (Lipinski definition) is 4. The number of likely N-dealkylation sites (tertiary alicyclic amines) is 1. The van der Waals surface area contributed by atoms with Crippen LogP contribution < -0.4 is 0 Å². The highest BCUT2D eigenvalue weighted by molar-refractivity contribution is 4.86. The van der Waals surface area contributed by atoms with Crippen LogP contribution in [0.15, 0.2) is 0 Å². The van der Waals surface area contributed by atoms with Crippen molar-refractivity contribution >= 4 is 0 Å². The van der Waals surface area contributed by atoms with E-state index in [2.05, 4.69) is 30.8 Å². The third kappa shape index (κ3) is 3.92. The van der Waals surface area contributed by atoms with Crippen molar-refractivity contribution in [3.8, 4) is 0 Å². The van der Waals surface area contributed by atoms with Crippen LogP contribution in [-0.4, -0.2) is 73.0 Å². The van der Waals surface area contributed by atoms with E-state index in [1.807, 2.05) is 0 Å². The lowest BCUT2D eigenvalue weighted by Gasteiger charge is -2.39.